The summed E-state index contributed by atoms with van der Waals surface area (Å²) in [5.41, 5.74) is 1.68. The molecule has 1 atom stereocenters. The van der Waals surface area contributed by atoms with Gasteiger partial charge < -0.3 is 15.6 Å². The van der Waals surface area contributed by atoms with Crippen molar-refractivity contribution in [2.45, 2.75) is 77.2 Å². The number of halogens is 5. The van der Waals surface area contributed by atoms with E-state index >= 15 is 4.39 Å². The molecule has 13 heteroatoms. The van der Waals surface area contributed by atoms with Crippen molar-refractivity contribution in [1.29, 1.82) is 0 Å². The van der Waals surface area contributed by atoms with E-state index in [1.54, 1.807) is 0 Å². The lowest BCUT2D eigenvalue weighted by atomic mass is 9.98. The van der Waals surface area contributed by atoms with Crippen molar-refractivity contribution in [2.75, 3.05) is 6.61 Å². The quantitative estimate of drug-likeness (QED) is 0.204. The Hall–Kier alpha value is -4.00. The molecule has 1 aromatic heterocycles. The normalized spacial score (nSPS) is 14.6. The molecule has 2 aromatic carbocycles. The van der Waals surface area contributed by atoms with Gasteiger partial charge in [-0.3, -0.25) is 18.7 Å². The minimum atomic E-state index is -4.93. The number of nitrogens with zero attached hydrogens (tertiary/aromatic N) is 2. The number of hydrogen-bond acceptors (Lipinski definition) is 5. The van der Waals surface area contributed by atoms with Gasteiger partial charge in [0.15, 0.2) is 11.6 Å². The molecule has 1 fully saturated rings. The summed E-state index contributed by atoms with van der Waals surface area (Å²) < 4.78 is 79.3. The van der Waals surface area contributed by atoms with Crippen LogP contribution in [-0.4, -0.2) is 32.9 Å². The van der Waals surface area contributed by atoms with Gasteiger partial charge in [-0.05, 0) is 56.7 Å². The first-order valence-corrected chi connectivity index (χ1v) is 14.4. The number of rotatable bonds is 12. The third kappa shape index (κ3) is 7.20. The highest BCUT2D eigenvalue weighted by Crippen LogP contribution is 2.34. The molecule has 0 unspecified atom stereocenters. The third-order valence-electron chi connectivity index (χ3n) is 8.10. The predicted octanol–water partition coefficient (Wildman–Crippen LogP) is 5.48. The standard InChI is InChI=1S/C31H34F5N3O5/c1-18-27(20-10-6-13-25(28(20)33)44-15-5-4-14-26(40)41)29(42)39(17-24(37)19-8-2-3-9-19)30(43)38(18)16-21-22(31(34,35)36)11-7-12-23(21)32/h6-7,10-13,19,24H,2-5,8-9,14-17,37H2,1H3,(H,40,41)/t24-/m0/s1. The van der Waals surface area contributed by atoms with Crippen LogP contribution in [0.1, 0.15) is 61.8 Å². The third-order valence-corrected chi connectivity index (χ3v) is 8.10. The highest BCUT2D eigenvalue weighted by atomic mass is 19.4. The molecule has 0 aliphatic heterocycles. The van der Waals surface area contributed by atoms with Gasteiger partial charge >= 0.3 is 17.8 Å². The second-order valence-electron chi connectivity index (χ2n) is 11.0. The van der Waals surface area contributed by atoms with Crippen LogP contribution >= 0.6 is 0 Å². The molecular weight excluding hydrogens is 589 g/mol. The summed E-state index contributed by atoms with van der Waals surface area (Å²) in [6, 6.07) is 5.81. The smallest absolute Gasteiger partial charge is 0.416 e. The minimum Gasteiger partial charge on any atom is -0.490 e. The Labute approximate surface area is 249 Å². The van der Waals surface area contributed by atoms with Gasteiger partial charge in [0.1, 0.15) is 5.82 Å². The number of hydrogen-bond donors (Lipinski definition) is 2. The Morgan fingerprint density at radius 3 is 2.41 bits per heavy atom. The van der Waals surface area contributed by atoms with Crippen molar-refractivity contribution in [1.82, 2.24) is 9.13 Å². The fourth-order valence-corrected chi connectivity index (χ4v) is 5.72. The number of alkyl halides is 3. The number of carbonyl (C=O) groups is 1. The van der Waals surface area contributed by atoms with E-state index < -0.39 is 58.7 Å². The topological polar surface area (TPSA) is 117 Å². The lowest BCUT2D eigenvalue weighted by molar-refractivity contribution is -0.139. The number of carboxylic acids is 1. The summed E-state index contributed by atoms with van der Waals surface area (Å²) in [5, 5.41) is 8.79. The zero-order valence-corrected chi connectivity index (χ0v) is 24.1. The molecule has 3 aromatic rings. The molecule has 1 aliphatic rings. The Morgan fingerprint density at radius 2 is 1.75 bits per heavy atom. The van der Waals surface area contributed by atoms with Gasteiger partial charge in [-0.2, -0.15) is 13.2 Å². The monoisotopic (exact) mass is 623 g/mol. The van der Waals surface area contributed by atoms with Crippen LogP contribution in [0, 0.1) is 24.5 Å². The molecule has 3 N–H and O–H groups in total. The second kappa shape index (κ2) is 13.7. The van der Waals surface area contributed by atoms with Crippen LogP contribution in [0.4, 0.5) is 22.0 Å². The van der Waals surface area contributed by atoms with Crippen LogP contribution in [0.15, 0.2) is 46.0 Å². The Balaban J connectivity index is 1.84. The van der Waals surface area contributed by atoms with E-state index in [4.69, 9.17) is 15.6 Å². The van der Waals surface area contributed by atoms with Crippen LogP contribution in [0.25, 0.3) is 11.1 Å². The summed E-state index contributed by atoms with van der Waals surface area (Å²) >= 11 is 0. The van der Waals surface area contributed by atoms with Crippen LogP contribution in [-0.2, 0) is 24.1 Å². The van der Waals surface area contributed by atoms with Crippen molar-refractivity contribution in [3.63, 3.8) is 0 Å². The Kier molecular flexibility index (Phi) is 10.3. The summed E-state index contributed by atoms with van der Waals surface area (Å²) in [4.78, 5) is 38.3. The van der Waals surface area contributed by atoms with Crippen LogP contribution in [0.5, 0.6) is 5.75 Å². The van der Waals surface area contributed by atoms with E-state index in [9.17, 15) is 31.9 Å². The molecular formula is C31H34F5N3O5. The molecule has 44 heavy (non-hydrogen) atoms. The lowest BCUT2D eigenvalue weighted by Gasteiger charge is -2.23. The SMILES string of the molecule is Cc1c(-c2cccc(OCCCCC(=O)O)c2F)c(=O)n(C[C@H](N)C2CCCC2)c(=O)n1Cc1c(F)cccc1C(F)(F)F. The average Bonchev–Trinajstić information content (AvgIpc) is 3.50. The van der Waals surface area contributed by atoms with Gasteiger partial charge in [-0.15, -0.1) is 0 Å². The fourth-order valence-electron chi connectivity index (χ4n) is 5.72. The molecule has 1 saturated carbocycles. The van der Waals surface area contributed by atoms with Gasteiger partial charge in [0.2, 0.25) is 0 Å². The highest BCUT2D eigenvalue weighted by Gasteiger charge is 2.35. The van der Waals surface area contributed by atoms with E-state index in [2.05, 4.69) is 0 Å². The van der Waals surface area contributed by atoms with Crippen molar-refractivity contribution >= 4 is 5.97 Å². The number of aromatic nitrogens is 2. The van der Waals surface area contributed by atoms with Crippen molar-refractivity contribution in [3.8, 4) is 16.9 Å². The molecule has 238 valence electrons. The number of benzene rings is 2. The Bertz CT molecular complexity index is 1630. The van der Waals surface area contributed by atoms with Crippen LogP contribution in [0.3, 0.4) is 0 Å². The average molecular weight is 624 g/mol. The van der Waals surface area contributed by atoms with Gasteiger partial charge in [-0.25, -0.2) is 13.6 Å². The molecule has 4 rings (SSSR count). The zero-order valence-electron chi connectivity index (χ0n) is 24.1. The molecule has 0 saturated heterocycles. The fraction of sp³-hybridized carbons (Fsp3) is 0.452. The van der Waals surface area contributed by atoms with Crippen molar-refractivity contribution in [2.24, 2.45) is 11.7 Å². The van der Waals surface area contributed by atoms with E-state index in [1.165, 1.54) is 25.1 Å². The van der Waals surface area contributed by atoms with Gasteiger partial charge in [-0.1, -0.05) is 31.0 Å². The molecule has 8 nitrogen and oxygen atoms in total. The van der Waals surface area contributed by atoms with Crippen molar-refractivity contribution < 1.29 is 36.6 Å². The molecule has 1 aliphatic carbocycles. The summed E-state index contributed by atoms with van der Waals surface area (Å²) in [6.07, 6.45) is -0.983. The highest BCUT2D eigenvalue weighted by molar-refractivity contribution is 5.68. The maximum atomic E-state index is 15.9. The first kappa shape index (κ1) is 32.9. The summed E-state index contributed by atoms with van der Waals surface area (Å²) in [7, 11) is 0. The molecule has 0 radical (unpaired) electrons. The minimum absolute atomic E-state index is 0.0116. The van der Waals surface area contributed by atoms with Gasteiger partial charge in [0, 0.05) is 35.8 Å². The van der Waals surface area contributed by atoms with Gasteiger partial charge in [0.05, 0.1) is 24.3 Å². The molecule has 1 heterocycles. The summed E-state index contributed by atoms with van der Waals surface area (Å²) in [6.45, 7) is 0.131. The second-order valence-corrected chi connectivity index (χ2v) is 11.0. The number of nitrogens with two attached hydrogens (primary N) is 1. The number of unbranched alkanes of at least 4 members (excludes halogenated alkanes) is 1. The molecule has 0 spiro atoms. The van der Waals surface area contributed by atoms with E-state index in [1.807, 2.05) is 0 Å². The van der Waals surface area contributed by atoms with Crippen LogP contribution < -0.4 is 21.7 Å². The Morgan fingerprint density at radius 1 is 1.07 bits per heavy atom. The van der Waals surface area contributed by atoms with Gasteiger partial charge in [0.25, 0.3) is 5.56 Å². The number of ether oxygens (including phenoxy) is 1. The van der Waals surface area contributed by atoms with E-state index in [-0.39, 0.29) is 48.1 Å². The molecule has 0 amide bonds. The maximum absolute atomic E-state index is 15.9. The maximum Gasteiger partial charge on any atom is 0.416 e. The predicted molar refractivity (Wildman–Crippen MR) is 153 cm³/mol. The first-order chi connectivity index (χ1) is 20.8. The van der Waals surface area contributed by atoms with E-state index in [0.29, 0.717) is 18.9 Å². The molecule has 0 bridgehead atoms. The zero-order chi connectivity index (χ0) is 32.2. The number of aliphatic carboxylic acids is 1. The van der Waals surface area contributed by atoms with Crippen molar-refractivity contribution in [3.05, 3.63) is 85.7 Å². The summed E-state index contributed by atoms with van der Waals surface area (Å²) in [5.74, 6) is -3.36. The lowest BCUT2D eigenvalue weighted by Crippen LogP contribution is -2.47. The largest absolute Gasteiger partial charge is 0.490 e. The van der Waals surface area contributed by atoms with E-state index in [0.717, 1.165) is 47.0 Å². The number of carboxylic acid groups (broad SMARTS) is 1. The van der Waals surface area contributed by atoms with Crippen LogP contribution in [0.2, 0.25) is 0 Å². The first-order valence-electron chi connectivity index (χ1n) is 14.4.